The summed E-state index contributed by atoms with van der Waals surface area (Å²) < 4.78 is 1.51. The van der Waals surface area contributed by atoms with Crippen LogP contribution in [0, 0.1) is 0 Å². The number of carbonyl (C=O) groups excluding carboxylic acids is 1. The molecule has 0 bridgehead atoms. The van der Waals surface area contributed by atoms with Gasteiger partial charge >= 0.3 is 0 Å². The number of hydrogen-bond acceptors (Lipinski definition) is 4. The van der Waals surface area contributed by atoms with Crippen molar-refractivity contribution in [3.8, 4) is 0 Å². The number of rotatable bonds is 7. The quantitative estimate of drug-likeness (QED) is 0.529. The van der Waals surface area contributed by atoms with Crippen molar-refractivity contribution in [3.63, 3.8) is 0 Å². The van der Waals surface area contributed by atoms with E-state index in [-0.39, 0.29) is 5.91 Å². The second-order valence-electron chi connectivity index (χ2n) is 6.40. The summed E-state index contributed by atoms with van der Waals surface area (Å²) in [7, 11) is 0. The summed E-state index contributed by atoms with van der Waals surface area (Å²) in [5.41, 5.74) is 3.35. The van der Waals surface area contributed by atoms with E-state index >= 15 is 0 Å². The van der Waals surface area contributed by atoms with E-state index in [1.165, 1.54) is 22.0 Å². The maximum atomic E-state index is 12.8. The Morgan fingerprint density at radius 2 is 1.93 bits per heavy atom. The van der Waals surface area contributed by atoms with Crippen LogP contribution in [0.15, 0.2) is 67.1 Å². The summed E-state index contributed by atoms with van der Waals surface area (Å²) in [5, 5.41) is 15.5. The minimum Gasteiger partial charge on any atom is -0.361 e. The second kappa shape index (κ2) is 7.82. The Hall–Kier alpha value is -3.48. The van der Waals surface area contributed by atoms with E-state index in [2.05, 4.69) is 31.9 Å². The van der Waals surface area contributed by atoms with Crippen molar-refractivity contribution in [1.82, 2.24) is 30.5 Å². The van der Waals surface area contributed by atoms with Crippen molar-refractivity contribution >= 4 is 16.8 Å². The maximum Gasteiger partial charge on any atom is 0.245 e. The first-order chi connectivity index (χ1) is 13.3. The van der Waals surface area contributed by atoms with Crippen LogP contribution < -0.4 is 5.32 Å². The standard InChI is InChI=1S/C20H20N6O/c27-20(21-11-10-16-13-22-18-9-5-4-8-17(16)18)19(26-14-23-24-25-26)12-15-6-2-1-3-7-15/h1-9,13-14,19,22H,10-12H2,(H,21,27)/t19-/m1/s1. The number of H-pyrrole nitrogens is 1. The van der Waals surface area contributed by atoms with Crippen LogP contribution in [0.1, 0.15) is 17.2 Å². The number of hydrogen-bond donors (Lipinski definition) is 2. The van der Waals surface area contributed by atoms with E-state index < -0.39 is 6.04 Å². The van der Waals surface area contributed by atoms with Gasteiger partial charge in [0.05, 0.1) is 0 Å². The molecule has 2 aromatic carbocycles. The third-order valence-electron chi connectivity index (χ3n) is 4.63. The molecular weight excluding hydrogens is 340 g/mol. The highest BCUT2D eigenvalue weighted by Gasteiger charge is 2.22. The van der Waals surface area contributed by atoms with Crippen molar-refractivity contribution < 1.29 is 4.79 Å². The predicted octanol–water partition coefficient (Wildman–Crippen LogP) is 2.30. The van der Waals surface area contributed by atoms with Gasteiger partial charge in [-0.15, -0.1) is 5.10 Å². The molecule has 7 heteroatoms. The Kier molecular flexibility index (Phi) is 4.91. The highest BCUT2D eigenvalue weighted by molar-refractivity contribution is 5.83. The molecule has 4 aromatic rings. The maximum absolute atomic E-state index is 12.8. The number of tetrazole rings is 1. The number of aromatic nitrogens is 5. The molecule has 2 N–H and O–H groups in total. The summed E-state index contributed by atoms with van der Waals surface area (Å²) in [6, 6.07) is 17.5. The molecule has 27 heavy (non-hydrogen) atoms. The first-order valence-electron chi connectivity index (χ1n) is 8.90. The third kappa shape index (κ3) is 3.87. The predicted molar refractivity (Wildman–Crippen MR) is 102 cm³/mol. The monoisotopic (exact) mass is 360 g/mol. The van der Waals surface area contributed by atoms with Gasteiger partial charge in [-0.25, -0.2) is 4.68 Å². The lowest BCUT2D eigenvalue weighted by Crippen LogP contribution is -2.35. The number of amides is 1. The highest BCUT2D eigenvalue weighted by atomic mass is 16.2. The molecular formula is C20H20N6O. The summed E-state index contributed by atoms with van der Waals surface area (Å²) >= 11 is 0. The number of nitrogens with one attached hydrogen (secondary N) is 2. The normalized spacial score (nSPS) is 12.1. The van der Waals surface area contributed by atoms with E-state index in [0.717, 1.165) is 17.5 Å². The summed E-state index contributed by atoms with van der Waals surface area (Å²) in [6.45, 7) is 0.550. The molecule has 4 rings (SSSR count). The summed E-state index contributed by atoms with van der Waals surface area (Å²) in [5.74, 6) is -0.0917. The Labute approximate surface area is 156 Å². The van der Waals surface area contributed by atoms with Crippen LogP contribution in [-0.2, 0) is 17.6 Å². The molecule has 0 unspecified atom stereocenters. The minimum atomic E-state index is -0.481. The number of fused-ring (bicyclic) bond motifs is 1. The summed E-state index contributed by atoms with van der Waals surface area (Å²) in [4.78, 5) is 16.1. The molecule has 0 fully saturated rings. The fourth-order valence-corrected chi connectivity index (χ4v) is 3.23. The minimum absolute atomic E-state index is 0.0917. The van der Waals surface area contributed by atoms with Crippen LogP contribution in [0.3, 0.4) is 0 Å². The van der Waals surface area contributed by atoms with Gasteiger partial charge in [0.1, 0.15) is 12.4 Å². The van der Waals surface area contributed by atoms with E-state index in [0.29, 0.717) is 13.0 Å². The average molecular weight is 360 g/mol. The van der Waals surface area contributed by atoms with Gasteiger partial charge < -0.3 is 10.3 Å². The fourth-order valence-electron chi connectivity index (χ4n) is 3.23. The fraction of sp³-hybridized carbons (Fsp3) is 0.200. The Morgan fingerprint density at radius 3 is 2.74 bits per heavy atom. The van der Waals surface area contributed by atoms with E-state index in [9.17, 15) is 4.79 Å². The van der Waals surface area contributed by atoms with Gasteiger partial charge in [-0.1, -0.05) is 48.5 Å². The number of carbonyl (C=O) groups is 1. The Morgan fingerprint density at radius 1 is 1.11 bits per heavy atom. The number of nitrogens with zero attached hydrogens (tertiary/aromatic N) is 4. The number of aromatic amines is 1. The van der Waals surface area contributed by atoms with Crippen molar-refractivity contribution in [2.24, 2.45) is 0 Å². The smallest absolute Gasteiger partial charge is 0.245 e. The van der Waals surface area contributed by atoms with E-state index in [1.807, 2.05) is 54.7 Å². The zero-order chi connectivity index (χ0) is 18.5. The Bertz CT molecular complexity index is 1010. The largest absolute Gasteiger partial charge is 0.361 e. The molecule has 0 aliphatic heterocycles. The van der Waals surface area contributed by atoms with Crippen molar-refractivity contribution in [3.05, 3.63) is 78.2 Å². The second-order valence-corrected chi connectivity index (χ2v) is 6.40. The zero-order valence-electron chi connectivity index (χ0n) is 14.7. The van der Waals surface area contributed by atoms with Crippen LogP contribution in [0.25, 0.3) is 10.9 Å². The van der Waals surface area contributed by atoms with Gasteiger partial charge in [0.15, 0.2) is 0 Å². The zero-order valence-corrected chi connectivity index (χ0v) is 14.7. The summed E-state index contributed by atoms with van der Waals surface area (Å²) in [6.07, 6.45) is 4.76. The van der Waals surface area contributed by atoms with Crippen LogP contribution in [-0.4, -0.2) is 37.6 Å². The highest BCUT2D eigenvalue weighted by Crippen LogP contribution is 2.18. The molecule has 7 nitrogen and oxygen atoms in total. The van der Waals surface area contributed by atoms with Crippen molar-refractivity contribution in [2.75, 3.05) is 6.54 Å². The Balaban J connectivity index is 1.42. The lowest BCUT2D eigenvalue weighted by atomic mass is 10.1. The van der Waals surface area contributed by atoms with Gasteiger partial charge in [-0.2, -0.15) is 0 Å². The number of benzene rings is 2. The van der Waals surface area contributed by atoms with E-state index in [1.54, 1.807) is 0 Å². The van der Waals surface area contributed by atoms with Crippen LogP contribution in [0.2, 0.25) is 0 Å². The SMILES string of the molecule is O=C(NCCc1c[nH]c2ccccc12)[C@@H](Cc1ccccc1)n1cnnn1. The molecule has 2 aromatic heterocycles. The average Bonchev–Trinajstić information content (AvgIpc) is 3.37. The lowest BCUT2D eigenvalue weighted by Gasteiger charge is -2.16. The molecule has 0 aliphatic carbocycles. The van der Waals surface area contributed by atoms with Crippen LogP contribution in [0.5, 0.6) is 0 Å². The van der Waals surface area contributed by atoms with Gasteiger partial charge in [-0.05, 0) is 34.0 Å². The molecule has 0 aliphatic rings. The van der Waals surface area contributed by atoms with Gasteiger partial charge in [-0.3, -0.25) is 4.79 Å². The first kappa shape index (κ1) is 17.0. The van der Waals surface area contributed by atoms with Crippen LogP contribution in [0.4, 0.5) is 0 Å². The lowest BCUT2D eigenvalue weighted by molar-refractivity contribution is -0.124. The molecule has 0 spiro atoms. The third-order valence-corrected chi connectivity index (χ3v) is 4.63. The number of para-hydroxylation sites is 1. The molecule has 0 saturated heterocycles. The van der Waals surface area contributed by atoms with Gasteiger partial charge in [0, 0.05) is 30.1 Å². The van der Waals surface area contributed by atoms with E-state index in [4.69, 9.17) is 0 Å². The van der Waals surface area contributed by atoms with Gasteiger partial charge in [0.25, 0.3) is 0 Å². The molecule has 0 saturated carbocycles. The topological polar surface area (TPSA) is 88.5 Å². The van der Waals surface area contributed by atoms with Gasteiger partial charge in [0.2, 0.25) is 5.91 Å². The van der Waals surface area contributed by atoms with Crippen LogP contribution >= 0.6 is 0 Å². The molecule has 1 atom stereocenters. The van der Waals surface area contributed by atoms with Crippen molar-refractivity contribution in [1.29, 1.82) is 0 Å². The first-order valence-corrected chi connectivity index (χ1v) is 8.90. The molecule has 2 heterocycles. The molecule has 1 amide bonds. The molecule has 0 radical (unpaired) electrons. The molecule has 136 valence electrons. The van der Waals surface area contributed by atoms with Crippen molar-refractivity contribution in [2.45, 2.75) is 18.9 Å².